The Balaban J connectivity index is 1.80. The minimum absolute atomic E-state index is 0.0661. The van der Waals surface area contributed by atoms with E-state index in [1.165, 1.54) is 0 Å². The van der Waals surface area contributed by atoms with Gasteiger partial charge in [-0.2, -0.15) is 5.26 Å². The molecule has 0 saturated carbocycles. The highest BCUT2D eigenvalue weighted by Crippen LogP contribution is 2.22. The van der Waals surface area contributed by atoms with Gasteiger partial charge in [0.2, 0.25) is 0 Å². The molecule has 3 heteroatoms. The summed E-state index contributed by atoms with van der Waals surface area (Å²) < 4.78 is 5.68. The molecule has 3 unspecified atom stereocenters. The van der Waals surface area contributed by atoms with Crippen molar-refractivity contribution in [2.75, 3.05) is 19.7 Å². The van der Waals surface area contributed by atoms with Crippen molar-refractivity contribution in [2.45, 2.75) is 31.8 Å². The third-order valence-corrected chi connectivity index (χ3v) is 3.86. The molecule has 1 aliphatic heterocycles. The lowest BCUT2D eigenvalue weighted by Gasteiger charge is -2.18. The molecule has 1 fully saturated rings. The highest BCUT2D eigenvalue weighted by atomic mass is 16.5. The predicted molar refractivity (Wildman–Crippen MR) is 75.8 cm³/mol. The van der Waals surface area contributed by atoms with Gasteiger partial charge in [-0.15, -0.1) is 0 Å². The normalized spacial score (nSPS) is 24.0. The molecule has 3 nitrogen and oxygen atoms in total. The number of hydrogen-bond acceptors (Lipinski definition) is 3. The second-order valence-corrected chi connectivity index (χ2v) is 5.12. The van der Waals surface area contributed by atoms with Crippen molar-refractivity contribution in [1.82, 2.24) is 5.32 Å². The first-order chi connectivity index (χ1) is 9.35. The van der Waals surface area contributed by atoms with E-state index in [9.17, 15) is 5.26 Å². The average molecular weight is 258 g/mol. The molecular weight excluding hydrogens is 236 g/mol. The summed E-state index contributed by atoms with van der Waals surface area (Å²) in [7, 11) is 0. The first kappa shape index (κ1) is 14.0. The Morgan fingerprint density at radius 1 is 1.42 bits per heavy atom. The summed E-state index contributed by atoms with van der Waals surface area (Å²) in [4.78, 5) is 0. The fourth-order valence-electron chi connectivity index (χ4n) is 2.71. The molecule has 0 bridgehead atoms. The number of nitriles is 1. The van der Waals surface area contributed by atoms with Crippen LogP contribution in [0.15, 0.2) is 30.3 Å². The van der Waals surface area contributed by atoms with Gasteiger partial charge in [-0.05, 0) is 24.3 Å². The van der Waals surface area contributed by atoms with E-state index in [0.29, 0.717) is 18.6 Å². The molecule has 0 radical (unpaired) electrons. The van der Waals surface area contributed by atoms with Gasteiger partial charge in [0.25, 0.3) is 0 Å². The van der Waals surface area contributed by atoms with E-state index < -0.39 is 0 Å². The van der Waals surface area contributed by atoms with E-state index in [-0.39, 0.29) is 5.92 Å². The van der Waals surface area contributed by atoms with Gasteiger partial charge < -0.3 is 10.1 Å². The summed E-state index contributed by atoms with van der Waals surface area (Å²) in [5.41, 5.74) is 1.09. The van der Waals surface area contributed by atoms with Crippen molar-refractivity contribution in [3.05, 3.63) is 35.9 Å². The molecule has 102 valence electrons. The lowest BCUT2D eigenvalue weighted by Crippen LogP contribution is -2.30. The molecule has 0 amide bonds. The van der Waals surface area contributed by atoms with Crippen LogP contribution in [0.5, 0.6) is 0 Å². The summed E-state index contributed by atoms with van der Waals surface area (Å²) in [6, 6.07) is 12.4. The predicted octanol–water partition coefficient (Wildman–Crippen LogP) is 2.70. The SMILES string of the molecule is CCC1OCCC1CNCC(C#N)c1ccccc1. The van der Waals surface area contributed by atoms with Crippen LogP contribution in [0.3, 0.4) is 0 Å². The van der Waals surface area contributed by atoms with E-state index >= 15 is 0 Å². The summed E-state index contributed by atoms with van der Waals surface area (Å²) in [5.74, 6) is 0.531. The zero-order valence-corrected chi connectivity index (χ0v) is 11.5. The Morgan fingerprint density at radius 3 is 2.89 bits per heavy atom. The maximum atomic E-state index is 9.25. The zero-order chi connectivity index (χ0) is 13.5. The van der Waals surface area contributed by atoms with E-state index in [1.807, 2.05) is 30.3 Å². The van der Waals surface area contributed by atoms with Crippen molar-refractivity contribution < 1.29 is 4.74 Å². The topological polar surface area (TPSA) is 45.0 Å². The van der Waals surface area contributed by atoms with Gasteiger partial charge in [0.1, 0.15) is 0 Å². The van der Waals surface area contributed by atoms with Crippen LogP contribution in [0, 0.1) is 17.2 Å². The first-order valence-corrected chi connectivity index (χ1v) is 7.12. The standard InChI is InChI=1S/C16H22N2O/c1-2-16-14(8-9-19-16)11-18-12-15(10-17)13-6-4-3-5-7-13/h3-7,14-16,18H,2,8-9,11-12H2,1H3. The molecule has 0 aliphatic carbocycles. The van der Waals surface area contributed by atoms with Crippen LogP contribution in [0.25, 0.3) is 0 Å². The number of rotatable bonds is 6. The number of nitrogens with zero attached hydrogens (tertiary/aromatic N) is 1. The molecule has 2 rings (SSSR count). The number of hydrogen-bond donors (Lipinski definition) is 1. The summed E-state index contributed by atoms with van der Waals surface area (Å²) in [6.07, 6.45) is 2.60. The van der Waals surface area contributed by atoms with Crippen molar-refractivity contribution in [1.29, 1.82) is 5.26 Å². The Labute approximate surface area is 115 Å². The lowest BCUT2D eigenvalue weighted by molar-refractivity contribution is 0.0873. The van der Waals surface area contributed by atoms with Gasteiger partial charge in [0, 0.05) is 19.7 Å². The highest BCUT2D eigenvalue weighted by molar-refractivity contribution is 5.24. The van der Waals surface area contributed by atoms with Gasteiger partial charge in [-0.25, -0.2) is 0 Å². The molecule has 1 N–H and O–H groups in total. The van der Waals surface area contributed by atoms with E-state index in [2.05, 4.69) is 18.3 Å². The van der Waals surface area contributed by atoms with Gasteiger partial charge in [0.15, 0.2) is 0 Å². The number of ether oxygens (including phenoxy) is 1. The monoisotopic (exact) mass is 258 g/mol. The Kier molecular flexibility index (Phi) is 5.38. The van der Waals surface area contributed by atoms with Gasteiger partial charge in [0.05, 0.1) is 18.1 Å². The molecule has 1 saturated heterocycles. The van der Waals surface area contributed by atoms with Crippen LogP contribution in [-0.2, 0) is 4.74 Å². The zero-order valence-electron chi connectivity index (χ0n) is 11.5. The van der Waals surface area contributed by atoms with E-state index in [0.717, 1.165) is 31.6 Å². The molecule has 3 atom stereocenters. The Bertz CT molecular complexity index is 413. The second-order valence-electron chi connectivity index (χ2n) is 5.12. The first-order valence-electron chi connectivity index (χ1n) is 7.12. The molecule has 1 aromatic rings. The van der Waals surface area contributed by atoms with Crippen molar-refractivity contribution in [3.63, 3.8) is 0 Å². The summed E-state index contributed by atoms with van der Waals surface area (Å²) >= 11 is 0. The fourth-order valence-corrected chi connectivity index (χ4v) is 2.71. The highest BCUT2D eigenvalue weighted by Gasteiger charge is 2.26. The van der Waals surface area contributed by atoms with Crippen LogP contribution >= 0.6 is 0 Å². The summed E-state index contributed by atoms with van der Waals surface area (Å²) in [5, 5.41) is 12.7. The molecule has 1 heterocycles. The maximum Gasteiger partial charge on any atom is 0.0837 e. The second kappa shape index (κ2) is 7.28. The van der Waals surface area contributed by atoms with Gasteiger partial charge in [-0.1, -0.05) is 37.3 Å². The maximum absolute atomic E-state index is 9.25. The minimum Gasteiger partial charge on any atom is -0.378 e. The van der Waals surface area contributed by atoms with Crippen LogP contribution in [0.1, 0.15) is 31.2 Å². The number of benzene rings is 1. The van der Waals surface area contributed by atoms with Crippen LogP contribution < -0.4 is 5.32 Å². The van der Waals surface area contributed by atoms with Crippen LogP contribution in [-0.4, -0.2) is 25.8 Å². The number of nitrogens with one attached hydrogen (secondary N) is 1. The van der Waals surface area contributed by atoms with Crippen LogP contribution in [0.2, 0.25) is 0 Å². The molecule has 0 aromatic heterocycles. The van der Waals surface area contributed by atoms with Crippen molar-refractivity contribution in [2.24, 2.45) is 5.92 Å². The largest absolute Gasteiger partial charge is 0.378 e. The van der Waals surface area contributed by atoms with Gasteiger partial charge >= 0.3 is 0 Å². The molecule has 0 spiro atoms. The molecule has 19 heavy (non-hydrogen) atoms. The van der Waals surface area contributed by atoms with E-state index in [1.54, 1.807) is 0 Å². The fraction of sp³-hybridized carbons (Fsp3) is 0.562. The molecular formula is C16H22N2O. The molecule has 1 aliphatic rings. The average Bonchev–Trinajstić information content (AvgIpc) is 2.92. The lowest BCUT2D eigenvalue weighted by atomic mass is 9.98. The van der Waals surface area contributed by atoms with E-state index in [4.69, 9.17) is 4.74 Å². The van der Waals surface area contributed by atoms with Crippen molar-refractivity contribution in [3.8, 4) is 6.07 Å². The van der Waals surface area contributed by atoms with Crippen LogP contribution in [0.4, 0.5) is 0 Å². The quantitative estimate of drug-likeness (QED) is 0.853. The smallest absolute Gasteiger partial charge is 0.0837 e. The third-order valence-electron chi connectivity index (χ3n) is 3.86. The minimum atomic E-state index is -0.0661. The molecule has 1 aromatic carbocycles. The Morgan fingerprint density at radius 2 is 2.21 bits per heavy atom. The van der Waals surface area contributed by atoms with Gasteiger partial charge in [-0.3, -0.25) is 0 Å². The van der Waals surface area contributed by atoms with Crippen molar-refractivity contribution >= 4 is 0 Å². The Hall–Kier alpha value is -1.37. The third kappa shape index (κ3) is 3.79. The summed E-state index contributed by atoms with van der Waals surface area (Å²) in [6.45, 7) is 4.72.